The van der Waals surface area contributed by atoms with Gasteiger partial charge in [-0.2, -0.15) is 0 Å². The fourth-order valence-electron chi connectivity index (χ4n) is 2.73. The topological polar surface area (TPSA) is 44.5 Å². The quantitative estimate of drug-likeness (QED) is 0.913. The molecule has 17 heavy (non-hydrogen) atoms. The smallest absolute Gasteiger partial charge is 0.189 e. The summed E-state index contributed by atoms with van der Waals surface area (Å²) in [6.45, 7) is 3.06. The summed E-state index contributed by atoms with van der Waals surface area (Å²) in [7, 11) is 0. The third-order valence-electron chi connectivity index (χ3n) is 3.92. The van der Waals surface area contributed by atoms with Crippen molar-refractivity contribution < 1.29 is 9.47 Å². The second-order valence-corrected chi connectivity index (χ2v) is 5.81. The van der Waals surface area contributed by atoms with Crippen LogP contribution in [0.1, 0.15) is 30.9 Å². The first-order valence-corrected chi connectivity index (χ1v) is 6.72. The maximum Gasteiger partial charge on any atom is 0.189 e. The number of benzene rings is 1. The van der Waals surface area contributed by atoms with E-state index in [1.807, 2.05) is 6.07 Å². The van der Waals surface area contributed by atoms with Gasteiger partial charge < -0.3 is 15.2 Å². The molecule has 1 unspecified atom stereocenters. The Morgan fingerprint density at radius 1 is 1.41 bits per heavy atom. The number of ether oxygens (including phenoxy) is 2. The van der Waals surface area contributed by atoms with Crippen molar-refractivity contribution in [1.29, 1.82) is 0 Å². The third kappa shape index (κ3) is 1.70. The summed E-state index contributed by atoms with van der Waals surface area (Å²) >= 11 is 3.65. The molecule has 1 aliphatic carbocycles. The van der Waals surface area contributed by atoms with Gasteiger partial charge in [0.1, 0.15) is 5.75 Å². The predicted molar refractivity (Wildman–Crippen MR) is 69.0 cm³/mol. The summed E-state index contributed by atoms with van der Waals surface area (Å²) in [5.41, 5.74) is 8.75. The van der Waals surface area contributed by atoms with Gasteiger partial charge in [-0.3, -0.25) is 0 Å². The Bertz CT molecular complexity index is 455. The van der Waals surface area contributed by atoms with Gasteiger partial charge in [0.25, 0.3) is 0 Å². The first-order chi connectivity index (χ1) is 8.15. The average molecular weight is 298 g/mol. The van der Waals surface area contributed by atoms with Crippen LogP contribution in [0, 0.1) is 0 Å². The first-order valence-electron chi connectivity index (χ1n) is 5.93. The second kappa shape index (κ2) is 3.97. The van der Waals surface area contributed by atoms with Crippen molar-refractivity contribution in [3.05, 3.63) is 27.7 Å². The molecule has 2 aliphatic rings. The molecular weight excluding hydrogens is 282 g/mol. The van der Waals surface area contributed by atoms with Crippen molar-refractivity contribution in [2.24, 2.45) is 5.73 Å². The lowest BCUT2D eigenvalue weighted by Gasteiger charge is -2.28. The zero-order chi connectivity index (χ0) is 12.0. The number of hydrogen-bond acceptors (Lipinski definition) is 3. The minimum absolute atomic E-state index is 0.119. The summed E-state index contributed by atoms with van der Waals surface area (Å²) in [5.74, 6) is 0.946. The van der Waals surface area contributed by atoms with Crippen molar-refractivity contribution >= 4 is 15.9 Å². The van der Waals surface area contributed by atoms with Crippen LogP contribution < -0.4 is 10.5 Å². The molecule has 3 nitrogen and oxygen atoms in total. The maximum atomic E-state index is 6.16. The standard InChI is InChI=1S/C13H16BrNO2/c1-8(15)13(4-5-13)12-9-6-16-7-17-11(9)3-2-10(12)14/h2-3,8H,4-7,15H2,1H3. The molecule has 3 rings (SSSR count). The molecule has 92 valence electrons. The van der Waals surface area contributed by atoms with Crippen LogP contribution in [0.15, 0.2) is 16.6 Å². The van der Waals surface area contributed by atoms with Crippen LogP contribution in [0.25, 0.3) is 0 Å². The lowest BCUT2D eigenvalue weighted by Crippen LogP contribution is -2.33. The first kappa shape index (κ1) is 11.5. The minimum atomic E-state index is 0.119. The van der Waals surface area contributed by atoms with E-state index in [0.29, 0.717) is 13.4 Å². The summed E-state index contributed by atoms with van der Waals surface area (Å²) < 4.78 is 12.1. The molecular formula is C13H16BrNO2. The molecule has 0 spiro atoms. The van der Waals surface area contributed by atoms with Gasteiger partial charge in [-0.25, -0.2) is 0 Å². The molecule has 1 aromatic rings. The van der Waals surface area contributed by atoms with E-state index in [2.05, 4.69) is 28.9 Å². The third-order valence-corrected chi connectivity index (χ3v) is 4.58. The van der Waals surface area contributed by atoms with Gasteiger partial charge >= 0.3 is 0 Å². The van der Waals surface area contributed by atoms with Gasteiger partial charge in [-0.15, -0.1) is 0 Å². The lowest BCUT2D eigenvalue weighted by molar-refractivity contribution is -0.0172. The molecule has 0 radical (unpaired) electrons. The summed E-state index contributed by atoms with van der Waals surface area (Å²) in [4.78, 5) is 0. The Hall–Kier alpha value is -0.580. The molecule has 2 N–H and O–H groups in total. The van der Waals surface area contributed by atoms with Crippen LogP contribution in [0.3, 0.4) is 0 Å². The monoisotopic (exact) mass is 297 g/mol. The van der Waals surface area contributed by atoms with E-state index in [1.165, 1.54) is 11.1 Å². The summed E-state index contributed by atoms with van der Waals surface area (Å²) in [6.07, 6.45) is 2.30. The van der Waals surface area contributed by atoms with Crippen molar-refractivity contribution in [3.63, 3.8) is 0 Å². The molecule has 0 saturated heterocycles. The van der Waals surface area contributed by atoms with Gasteiger partial charge in [0, 0.05) is 21.5 Å². The van der Waals surface area contributed by atoms with Crippen LogP contribution in [0.4, 0.5) is 0 Å². The van der Waals surface area contributed by atoms with Crippen molar-refractivity contribution in [2.75, 3.05) is 6.79 Å². The fraction of sp³-hybridized carbons (Fsp3) is 0.538. The molecule has 0 amide bonds. The number of nitrogens with two attached hydrogens (primary N) is 1. The van der Waals surface area contributed by atoms with Crippen LogP contribution >= 0.6 is 15.9 Å². The largest absolute Gasteiger partial charge is 0.467 e. The highest BCUT2D eigenvalue weighted by Crippen LogP contribution is 2.55. The van der Waals surface area contributed by atoms with Crippen molar-refractivity contribution in [2.45, 2.75) is 37.8 Å². The minimum Gasteiger partial charge on any atom is -0.467 e. The Labute approximate surface area is 109 Å². The predicted octanol–water partition coefficient (Wildman–Crippen LogP) is 2.69. The molecule has 1 aromatic carbocycles. The molecule has 1 heterocycles. The molecule has 0 aromatic heterocycles. The molecule has 0 bridgehead atoms. The molecule has 4 heteroatoms. The fourth-order valence-corrected chi connectivity index (χ4v) is 3.50. The number of fused-ring (bicyclic) bond motifs is 1. The highest BCUT2D eigenvalue weighted by atomic mass is 79.9. The lowest BCUT2D eigenvalue weighted by atomic mass is 9.85. The highest BCUT2D eigenvalue weighted by Gasteiger charge is 2.50. The molecule has 1 aliphatic heterocycles. The van der Waals surface area contributed by atoms with Crippen LogP contribution in [-0.4, -0.2) is 12.8 Å². The SMILES string of the molecule is CC(N)C1(c2c(Br)ccc3c2COCO3)CC1. The van der Waals surface area contributed by atoms with E-state index < -0.39 is 0 Å². The van der Waals surface area contributed by atoms with Gasteiger partial charge in [-0.1, -0.05) is 15.9 Å². The zero-order valence-corrected chi connectivity index (χ0v) is 11.4. The Morgan fingerprint density at radius 2 is 2.18 bits per heavy atom. The average Bonchev–Trinajstić information content (AvgIpc) is 3.10. The Balaban J connectivity index is 2.15. The van der Waals surface area contributed by atoms with Gasteiger partial charge in [0.2, 0.25) is 0 Å². The maximum absolute atomic E-state index is 6.16. The molecule has 1 fully saturated rings. The second-order valence-electron chi connectivity index (χ2n) is 4.95. The summed E-state index contributed by atoms with van der Waals surface area (Å²) in [5, 5.41) is 0. The zero-order valence-electron chi connectivity index (χ0n) is 9.83. The van der Waals surface area contributed by atoms with Crippen LogP contribution in [0.2, 0.25) is 0 Å². The Kier molecular flexibility index (Phi) is 2.69. The van der Waals surface area contributed by atoms with E-state index >= 15 is 0 Å². The molecule has 1 saturated carbocycles. The number of hydrogen-bond donors (Lipinski definition) is 1. The van der Waals surface area contributed by atoms with E-state index in [9.17, 15) is 0 Å². The van der Waals surface area contributed by atoms with Crippen LogP contribution in [0.5, 0.6) is 5.75 Å². The molecule has 1 atom stereocenters. The van der Waals surface area contributed by atoms with Gasteiger partial charge in [-0.05, 0) is 37.5 Å². The van der Waals surface area contributed by atoms with Gasteiger partial charge in [0.05, 0.1) is 6.61 Å². The van der Waals surface area contributed by atoms with Crippen molar-refractivity contribution in [1.82, 2.24) is 0 Å². The number of halogens is 1. The van der Waals surface area contributed by atoms with E-state index in [0.717, 1.165) is 23.1 Å². The van der Waals surface area contributed by atoms with Gasteiger partial charge in [0.15, 0.2) is 6.79 Å². The summed E-state index contributed by atoms with van der Waals surface area (Å²) in [6, 6.07) is 4.22. The van der Waals surface area contributed by atoms with Crippen LogP contribution in [-0.2, 0) is 16.8 Å². The number of rotatable bonds is 2. The Morgan fingerprint density at radius 3 is 2.82 bits per heavy atom. The van der Waals surface area contributed by atoms with E-state index in [1.54, 1.807) is 0 Å². The van der Waals surface area contributed by atoms with E-state index in [-0.39, 0.29) is 11.5 Å². The normalized spacial score (nSPS) is 22.5. The van der Waals surface area contributed by atoms with E-state index in [4.69, 9.17) is 15.2 Å². The van der Waals surface area contributed by atoms with Crippen molar-refractivity contribution in [3.8, 4) is 5.75 Å². The highest BCUT2D eigenvalue weighted by molar-refractivity contribution is 9.10.